The van der Waals surface area contributed by atoms with Crippen molar-refractivity contribution in [2.45, 2.75) is 19.5 Å². The normalized spacial score (nSPS) is 13.8. The maximum absolute atomic E-state index is 13.1. The van der Waals surface area contributed by atoms with Gasteiger partial charge in [-0.25, -0.2) is 14.0 Å². The third-order valence-corrected chi connectivity index (χ3v) is 5.62. The molecule has 0 bridgehead atoms. The number of rotatable bonds is 3. The van der Waals surface area contributed by atoms with E-state index < -0.39 is 23.7 Å². The Morgan fingerprint density at radius 2 is 1.94 bits per heavy atom. The monoisotopic (exact) mass is 477 g/mol. The number of H-pyrrole nitrogens is 1. The Morgan fingerprint density at radius 3 is 2.67 bits per heavy atom. The summed E-state index contributed by atoms with van der Waals surface area (Å²) in [5.41, 5.74) is 1.25. The largest absolute Gasteiger partial charge is 0.462 e. The molecule has 4 rings (SSSR count). The van der Waals surface area contributed by atoms with Gasteiger partial charge in [-0.15, -0.1) is 0 Å². The van der Waals surface area contributed by atoms with Gasteiger partial charge in [0, 0.05) is 35.4 Å². The number of urea groups is 1. The van der Waals surface area contributed by atoms with E-state index in [-0.39, 0.29) is 24.4 Å². The molecule has 1 aliphatic rings. The zero-order chi connectivity index (χ0) is 23.8. The van der Waals surface area contributed by atoms with Crippen molar-refractivity contribution in [2.24, 2.45) is 0 Å². The lowest BCUT2D eigenvalue weighted by Gasteiger charge is -2.23. The van der Waals surface area contributed by atoms with Crippen LogP contribution in [0.3, 0.4) is 0 Å². The summed E-state index contributed by atoms with van der Waals surface area (Å²) in [6, 6.07) is 10.9. The fraction of sp³-hybridized carbons (Fsp3) is 0.217. The minimum atomic E-state index is -4.58. The lowest BCUT2D eigenvalue weighted by Crippen LogP contribution is -2.36. The van der Waals surface area contributed by atoms with Gasteiger partial charge in [0.25, 0.3) is 0 Å². The number of alkyl halides is 3. The topological polar surface area (TPSA) is 65.6 Å². The number of hydrogen-bond acceptors (Lipinski definition) is 3. The zero-order valence-corrected chi connectivity index (χ0v) is 18.2. The lowest BCUT2D eigenvalue weighted by molar-refractivity contribution is -0.138. The first kappa shape index (κ1) is 22.7. The summed E-state index contributed by atoms with van der Waals surface area (Å²) in [7, 11) is 0. The number of aromatic nitrogens is 1. The number of halogens is 4. The van der Waals surface area contributed by atoms with Gasteiger partial charge in [-0.3, -0.25) is 4.90 Å². The van der Waals surface area contributed by atoms with Crippen molar-refractivity contribution >= 4 is 45.9 Å². The highest BCUT2D eigenvalue weighted by Gasteiger charge is 2.33. The molecule has 0 spiro atoms. The summed E-state index contributed by atoms with van der Waals surface area (Å²) < 4.78 is 45.0. The van der Waals surface area contributed by atoms with Crippen LogP contribution in [0.25, 0.3) is 16.5 Å². The third-order valence-electron chi connectivity index (χ3n) is 5.28. The van der Waals surface area contributed by atoms with Crippen LogP contribution in [-0.2, 0) is 22.1 Å². The highest BCUT2D eigenvalue weighted by atomic mass is 35.5. The van der Waals surface area contributed by atoms with Crippen LogP contribution in [0.4, 0.5) is 23.7 Å². The van der Waals surface area contributed by atoms with Gasteiger partial charge in [0.05, 0.1) is 29.1 Å². The summed E-state index contributed by atoms with van der Waals surface area (Å²) >= 11 is 6.16. The quantitative estimate of drug-likeness (QED) is 0.387. The summed E-state index contributed by atoms with van der Waals surface area (Å²) in [5.74, 6) is -0.634. The van der Waals surface area contributed by atoms with Crippen LogP contribution in [0.2, 0.25) is 0 Å². The average molecular weight is 478 g/mol. The molecule has 0 aliphatic carbocycles. The second-order valence-corrected chi connectivity index (χ2v) is 7.68. The predicted molar refractivity (Wildman–Crippen MR) is 118 cm³/mol. The third kappa shape index (κ3) is 4.41. The van der Waals surface area contributed by atoms with Crippen molar-refractivity contribution in [3.05, 3.63) is 71.6 Å². The molecule has 1 aromatic heterocycles. The van der Waals surface area contributed by atoms with Crippen LogP contribution in [0.15, 0.2) is 54.7 Å². The minimum Gasteiger partial charge on any atom is -0.462 e. The smallest absolute Gasteiger partial charge is 0.416 e. The van der Waals surface area contributed by atoms with E-state index in [1.807, 2.05) is 24.3 Å². The number of nitrogens with one attached hydrogen (secondary N) is 1. The molecule has 0 unspecified atom stereocenters. The lowest BCUT2D eigenvalue weighted by atomic mass is 10.0. The van der Waals surface area contributed by atoms with Crippen molar-refractivity contribution in [3.63, 3.8) is 0 Å². The zero-order valence-electron chi connectivity index (χ0n) is 17.4. The van der Waals surface area contributed by atoms with E-state index in [9.17, 15) is 22.8 Å². The van der Waals surface area contributed by atoms with E-state index in [4.69, 9.17) is 16.5 Å². The van der Waals surface area contributed by atoms with Crippen LogP contribution >= 0.6 is 11.8 Å². The molecule has 33 heavy (non-hydrogen) atoms. The van der Waals surface area contributed by atoms with Gasteiger partial charge in [-0.05, 0) is 43.2 Å². The van der Waals surface area contributed by atoms with Crippen molar-refractivity contribution in [1.29, 1.82) is 0 Å². The molecule has 172 valence electrons. The Bertz CT molecular complexity index is 1250. The van der Waals surface area contributed by atoms with Gasteiger partial charge in [0.15, 0.2) is 0 Å². The van der Waals surface area contributed by atoms with Gasteiger partial charge in [-0.2, -0.15) is 13.2 Å². The Kier molecular flexibility index (Phi) is 6.07. The van der Waals surface area contributed by atoms with E-state index in [1.54, 1.807) is 6.92 Å². The molecular weight excluding hydrogens is 459 g/mol. The molecule has 0 saturated carbocycles. The second kappa shape index (κ2) is 8.82. The first-order valence-electron chi connectivity index (χ1n) is 10.1. The molecule has 0 atom stereocenters. The number of fused-ring (bicyclic) bond motifs is 3. The second-order valence-electron chi connectivity index (χ2n) is 7.34. The number of aromatic amines is 1. The van der Waals surface area contributed by atoms with Gasteiger partial charge in [0.2, 0.25) is 0 Å². The van der Waals surface area contributed by atoms with Crippen LogP contribution in [0, 0.1) is 0 Å². The number of carbonyl (C=O) groups excluding carboxylic acids is 2. The number of benzene rings is 2. The van der Waals surface area contributed by atoms with Crippen LogP contribution < -0.4 is 4.42 Å². The summed E-state index contributed by atoms with van der Waals surface area (Å²) in [6.07, 6.45) is -2.87. The molecule has 2 amide bonds. The molecule has 0 saturated heterocycles. The predicted octanol–water partition coefficient (Wildman–Crippen LogP) is 5.73. The molecule has 6 nitrogen and oxygen atoms in total. The number of amides is 2. The highest BCUT2D eigenvalue weighted by Crippen LogP contribution is 2.34. The Morgan fingerprint density at radius 1 is 1.18 bits per heavy atom. The van der Waals surface area contributed by atoms with E-state index in [0.717, 1.165) is 28.6 Å². The van der Waals surface area contributed by atoms with Crippen molar-refractivity contribution in [1.82, 2.24) is 9.88 Å². The van der Waals surface area contributed by atoms with E-state index in [2.05, 4.69) is 4.98 Å². The number of ether oxygens (including phenoxy) is 1. The number of carbonyl (C=O) groups is 2. The fourth-order valence-corrected chi connectivity index (χ4v) is 3.95. The standard InChI is InChI=1S/C23H19ClF3N3O3/c1-2-33-21(31)18-13-29(11-10-17-16-8-3-4-9-19(16)28-20(17)18)22(32)30(24)15-7-5-6-14(12-15)23(25,26)27/h3-9,12-13,28H,2,10-11H2,1H3. The first-order chi connectivity index (χ1) is 15.7. The van der Waals surface area contributed by atoms with E-state index >= 15 is 0 Å². The maximum Gasteiger partial charge on any atom is 0.416 e. The summed E-state index contributed by atoms with van der Waals surface area (Å²) in [6.45, 7) is 1.95. The maximum atomic E-state index is 13.1. The molecule has 2 heterocycles. The van der Waals surface area contributed by atoms with E-state index in [0.29, 0.717) is 16.5 Å². The van der Waals surface area contributed by atoms with Gasteiger partial charge in [0.1, 0.15) is 0 Å². The van der Waals surface area contributed by atoms with Crippen molar-refractivity contribution in [2.75, 3.05) is 17.6 Å². The summed E-state index contributed by atoms with van der Waals surface area (Å²) in [4.78, 5) is 30.2. The van der Waals surface area contributed by atoms with Crippen LogP contribution in [0.5, 0.6) is 0 Å². The highest BCUT2D eigenvalue weighted by molar-refractivity contribution is 6.36. The Balaban J connectivity index is 1.71. The fourth-order valence-electron chi connectivity index (χ4n) is 3.75. The number of anilines is 1. The number of nitrogens with zero attached hydrogens (tertiary/aromatic N) is 2. The van der Waals surface area contributed by atoms with Gasteiger partial charge in [-0.1, -0.05) is 24.3 Å². The van der Waals surface area contributed by atoms with Gasteiger partial charge < -0.3 is 9.72 Å². The molecule has 1 aliphatic heterocycles. The van der Waals surface area contributed by atoms with Crippen LogP contribution in [-0.4, -0.2) is 35.0 Å². The SMILES string of the molecule is CCOC(=O)C1=CN(C(=O)N(Cl)c2cccc(C(F)(F)F)c2)CCc2c1[nH]c1ccccc21. The number of para-hydroxylation sites is 1. The molecule has 2 aromatic carbocycles. The van der Waals surface area contributed by atoms with Crippen LogP contribution in [0.1, 0.15) is 23.7 Å². The molecule has 0 radical (unpaired) electrons. The molecular formula is C23H19ClF3N3O3. The first-order valence-corrected chi connectivity index (χ1v) is 10.5. The molecule has 0 fully saturated rings. The summed E-state index contributed by atoms with van der Waals surface area (Å²) in [5, 5.41) is 0.901. The Hall–Kier alpha value is -3.46. The number of esters is 1. The average Bonchev–Trinajstić information content (AvgIpc) is 3.05. The van der Waals surface area contributed by atoms with Crippen molar-refractivity contribution in [3.8, 4) is 0 Å². The van der Waals surface area contributed by atoms with Crippen molar-refractivity contribution < 1.29 is 27.5 Å². The van der Waals surface area contributed by atoms with E-state index in [1.165, 1.54) is 23.2 Å². The molecule has 1 N–H and O–H groups in total. The number of hydrogen-bond donors (Lipinski definition) is 1. The Labute approximate surface area is 192 Å². The molecule has 10 heteroatoms. The minimum absolute atomic E-state index is 0.128. The van der Waals surface area contributed by atoms with Gasteiger partial charge >= 0.3 is 18.2 Å². The molecule has 3 aromatic rings.